The third-order valence-corrected chi connectivity index (χ3v) is 9.57. The number of carbonyl (C=O) groups excluding carboxylic acids is 3. The molecule has 2 N–H and O–H groups in total. The first-order valence-electron chi connectivity index (χ1n) is 18.4. The SMILES string of the molecule is CC1(C)Oc2c(C=O)c3c(c(C(c4c5c(c(C=O)c6c4OC(C)(C)O6)OC(C)(C)O5)c4c5c(c(C=O)c6c4OC(C)(C)O6)OC(C)(C)O5)c2O1)OC(C)(C)O3.O=S(O)O. The van der Waals surface area contributed by atoms with Gasteiger partial charge in [-0.3, -0.25) is 23.5 Å². The van der Waals surface area contributed by atoms with Crippen LogP contribution < -0.4 is 56.8 Å². The van der Waals surface area contributed by atoms with Crippen LogP contribution in [0.5, 0.6) is 69.0 Å². The first-order chi connectivity index (χ1) is 27.2. The van der Waals surface area contributed by atoms with Crippen molar-refractivity contribution in [3.63, 3.8) is 0 Å². The largest absolute Gasteiger partial charge is 0.449 e. The van der Waals surface area contributed by atoms with Gasteiger partial charge in [-0.1, -0.05) is 0 Å². The highest BCUT2D eigenvalue weighted by Crippen LogP contribution is 2.69. The molecule has 6 heterocycles. The average Bonchev–Trinajstić information content (AvgIpc) is 3.89. The molecule has 0 bridgehead atoms. The lowest BCUT2D eigenvalue weighted by Gasteiger charge is -2.28. The van der Waals surface area contributed by atoms with Crippen LogP contribution in [0.2, 0.25) is 0 Å². The van der Waals surface area contributed by atoms with E-state index in [1.807, 2.05) is 0 Å². The molecule has 18 nitrogen and oxygen atoms in total. The molecule has 0 saturated heterocycles. The second-order valence-electron chi connectivity index (χ2n) is 17.1. The summed E-state index contributed by atoms with van der Waals surface area (Å²) in [4.78, 5) is 38.8. The zero-order valence-electron chi connectivity index (χ0n) is 34.1. The van der Waals surface area contributed by atoms with E-state index in [-0.39, 0.29) is 102 Å². The van der Waals surface area contributed by atoms with Crippen LogP contribution in [0.25, 0.3) is 0 Å². The Bertz CT molecular complexity index is 2030. The zero-order chi connectivity index (χ0) is 43.2. The van der Waals surface area contributed by atoms with Crippen molar-refractivity contribution in [2.45, 2.75) is 124 Å². The third kappa shape index (κ3) is 6.37. The van der Waals surface area contributed by atoms with Gasteiger partial charge in [-0.05, 0) is 0 Å². The molecule has 0 aromatic heterocycles. The highest BCUT2D eigenvalue weighted by molar-refractivity contribution is 7.73. The molecular weight excluding hydrogens is 800 g/mol. The minimum absolute atomic E-state index is 0.0602. The van der Waals surface area contributed by atoms with Gasteiger partial charge in [-0.15, -0.1) is 0 Å². The fourth-order valence-electron chi connectivity index (χ4n) is 7.92. The van der Waals surface area contributed by atoms with Crippen LogP contribution >= 0.6 is 0 Å². The van der Waals surface area contributed by atoms with Crippen LogP contribution in [0.15, 0.2) is 0 Å². The predicted molar refractivity (Wildman–Crippen MR) is 202 cm³/mol. The van der Waals surface area contributed by atoms with Crippen molar-refractivity contribution in [2.24, 2.45) is 0 Å². The second kappa shape index (κ2) is 12.4. The van der Waals surface area contributed by atoms with Gasteiger partial charge in [0.05, 0.1) is 22.6 Å². The van der Waals surface area contributed by atoms with Crippen molar-refractivity contribution in [1.29, 1.82) is 0 Å². The van der Waals surface area contributed by atoms with E-state index < -0.39 is 52.0 Å². The first-order valence-corrected chi connectivity index (χ1v) is 19.4. The van der Waals surface area contributed by atoms with Crippen molar-refractivity contribution < 1.29 is 84.5 Å². The van der Waals surface area contributed by atoms with Gasteiger partial charge >= 0.3 is 0 Å². The van der Waals surface area contributed by atoms with E-state index in [0.717, 1.165) is 0 Å². The van der Waals surface area contributed by atoms with Crippen LogP contribution in [0, 0.1) is 0 Å². The number of aldehydes is 3. The molecule has 19 heteroatoms. The molecule has 0 aliphatic carbocycles. The summed E-state index contributed by atoms with van der Waals surface area (Å²) in [6, 6.07) is 0. The van der Waals surface area contributed by atoms with Gasteiger partial charge in [0.15, 0.2) is 87.9 Å². The summed E-state index contributed by atoms with van der Waals surface area (Å²) in [5.74, 6) is -7.73. The van der Waals surface area contributed by atoms with Crippen LogP contribution in [-0.4, -0.2) is 66.9 Å². The third-order valence-electron chi connectivity index (χ3n) is 9.57. The fraction of sp³-hybridized carbons (Fsp3) is 0.475. The van der Waals surface area contributed by atoms with Gasteiger partial charge in [0.1, 0.15) is 16.7 Å². The quantitative estimate of drug-likeness (QED) is 0.144. The summed E-state index contributed by atoms with van der Waals surface area (Å²) in [6.45, 7) is 20.3. The van der Waals surface area contributed by atoms with Gasteiger partial charge in [0.25, 0.3) is 11.4 Å². The Balaban J connectivity index is 0.00000116. The van der Waals surface area contributed by atoms with Crippen molar-refractivity contribution >= 4 is 30.2 Å². The molecule has 0 spiro atoms. The molecule has 0 amide bonds. The summed E-state index contributed by atoms with van der Waals surface area (Å²) < 4.78 is 100. The van der Waals surface area contributed by atoms with Crippen molar-refractivity contribution in [3.8, 4) is 69.0 Å². The molecule has 6 aliphatic heterocycles. The number of carbonyl (C=O) groups is 3. The van der Waals surface area contributed by atoms with Crippen LogP contribution in [-0.2, 0) is 11.4 Å². The number of ether oxygens (including phenoxy) is 12. The Labute approximate surface area is 340 Å². The number of hydrogen-bond donors (Lipinski definition) is 2. The molecule has 9 rings (SSSR count). The number of rotatable bonds is 6. The zero-order valence-corrected chi connectivity index (χ0v) is 35.0. The molecule has 0 saturated carbocycles. The molecule has 0 fully saturated rings. The maximum atomic E-state index is 12.9. The highest BCUT2D eigenvalue weighted by atomic mass is 32.2. The van der Waals surface area contributed by atoms with E-state index in [2.05, 4.69) is 0 Å². The van der Waals surface area contributed by atoms with E-state index in [9.17, 15) is 14.4 Å². The molecule has 316 valence electrons. The lowest BCUT2D eigenvalue weighted by molar-refractivity contribution is -0.0493. The van der Waals surface area contributed by atoms with Gasteiger partial charge in [-0.25, -0.2) is 0 Å². The highest BCUT2D eigenvalue weighted by Gasteiger charge is 2.56. The average molecular weight is 843 g/mol. The minimum Gasteiger partial charge on any atom is -0.449 e. The maximum absolute atomic E-state index is 12.9. The van der Waals surface area contributed by atoms with E-state index in [1.54, 1.807) is 83.1 Å². The molecule has 6 aliphatic rings. The molecule has 0 atom stereocenters. The Kier molecular flexibility index (Phi) is 8.46. The lowest BCUT2D eigenvalue weighted by atomic mass is 9.79. The summed E-state index contributed by atoms with van der Waals surface area (Å²) in [5, 5.41) is 0. The number of benzene rings is 3. The monoisotopic (exact) mass is 842 g/mol. The summed E-state index contributed by atoms with van der Waals surface area (Å²) >= 11 is -2.61. The van der Waals surface area contributed by atoms with Crippen LogP contribution in [0.4, 0.5) is 0 Å². The van der Waals surface area contributed by atoms with E-state index >= 15 is 0 Å². The van der Waals surface area contributed by atoms with Crippen LogP contribution in [0.1, 0.15) is 137 Å². The minimum atomic E-state index is -2.61. The molecule has 0 unspecified atom stereocenters. The van der Waals surface area contributed by atoms with E-state index in [4.69, 9.17) is 70.2 Å². The van der Waals surface area contributed by atoms with Crippen molar-refractivity contribution in [1.82, 2.24) is 0 Å². The van der Waals surface area contributed by atoms with Crippen molar-refractivity contribution in [3.05, 3.63) is 33.4 Å². The summed E-state index contributed by atoms with van der Waals surface area (Å²) in [5.41, 5.74) is 0.976. The van der Waals surface area contributed by atoms with E-state index in [1.165, 1.54) is 0 Å². The molecule has 0 radical (unpaired) electrons. The standard InChI is InChI=1S/C40H40O15.H2O3S/c1-35(2)44-23-16(13-41)24-30(51-36(3,4)45-24)20(29(23)50-35)19(21-31-25(46-37(5,6)52-31)17(14-42)26-32(21)53-38(7,8)47-26)22-33-27(48-39(9,10)54-33)18(15-43)28-34(22)55-40(11,12)49-28;1-4(2)3/h13-15,19H,1-12H3;(H2,1,2,3). The second-order valence-corrected chi connectivity index (χ2v) is 17.5. The summed E-state index contributed by atoms with van der Waals surface area (Å²) in [6.07, 6.45) is 1.85. The molecule has 3 aromatic rings. The van der Waals surface area contributed by atoms with E-state index in [0.29, 0.717) is 18.9 Å². The topological polar surface area (TPSA) is 219 Å². The van der Waals surface area contributed by atoms with Gasteiger partial charge < -0.3 is 56.8 Å². The molecule has 59 heavy (non-hydrogen) atoms. The maximum Gasteiger partial charge on any atom is 0.299 e. The van der Waals surface area contributed by atoms with Gasteiger partial charge in [-0.2, -0.15) is 4.21 Å². The number of hydrogen-bond acceptors (Lipinski definition) is 16. The van der Waals surface area contributed by atoms with Crippen molar-refractivity contribution in [2.75, 3.05) is 0 Å². The Morgan fingerprint density at radius 1 is 0.356 bits per heavy atom. The normalized spacial score (nSPS) is 20.7. The molecule has 3 aromatic carbocycles. The molecular formula is C40H42O18S. The summed E-state index contributed by atoms with van der Waals surface area (Å²) in [7, 11) is 0. The first kappa shape index (κ1) is 40.1. The number of fused-ring (bicyclic) bond motifs is 6. The van der Waals surface area contributed by atoms with Crippen LogP contribution in [0.3, 0.4) is 0 Å². The lowest BCUT2D eigenvalue weighted by Crippen LogP contribution is -2.32. The fourth-order valence-corrected chi connectivity index (χ4v) is 7.92. The Morgan fingerprint density at radius 2 is 0.492 bits per heavy atom. The smallest absolute Gasteiger partial charge is 0.299 e. The Morgan fingerprint density at radius 3 is 0.627 bits per heavy atom. The van der Waals surface area contributed by atoms with Gasteiger partial charge in [0.2, 0.25) is 34.7 Å². The predicted octanol–water partition coefficient (Wildman–Crippen LogP) is 7.03. The van der Waals surface area contributed by atoms with Gasteiger partial charge in [0, 0.05) is 83.1 Å². The Hall–Kier alpha value is -5.66.